The zero-order chi connectivity index (χ0) is 14.5. The van der Waals surface area contributed by atoms with E-state index in [1.165, 1.54) is 12.1 Å². The lowest BCUT2D eigenvalue weighted by atomic mass is 10.2. The van der Waals surface area contributed by atoms with Gasteiger partial charge in [-0.1, -0.05) is 13.0 Å². The molecule has 5 heteroatoms. The van der Waals surface area contributed by atoms with E-state index in [0.29, 0.717) is 17.3 Å². The lowest BCUT2D eigenvalue weighted by Crippen LogP contribution is -2.08. The molecular formula is C15H19FN4. The van der Waals surface area contributed by atoms with Crippen molar-refractivity contribution in [3.8, 4) is 0 Å². The molecule has 106 valence electrons. The molecule has 0 bridgehead atoms. The van der Waals surface area contributed by atoms with Crippen LogP contribution in [0.25, 0.3) is 0 Å². The maximum atomic E-state index is 13.2. The molecule has 0 amide bonds. The lowest BCUT2D eigenvalue weighted by Gasteiger charge is -2.14. The summed E-state index contributed by atoms with van der Waals surface area (Å²) in [5.41, 5.74) is 1.60. The van der Waals surface area contributed by atoms with Gasteiger partial charge in [0.05, 0.1) is 0 Å². The fraction of sp³-hybridized carbons (Fsp3) is 0.333. The van der Waals surface area contributed by atoms with E-state index in [1.807, 2.05) is 13.8 Å². The normalized spacial score (nSPS) is 10.4. The second-order valence-electron chi connectivity index (χ2n) is 4.66. The van der Waals surface area contributed by atoms with Gasteiger partial charge in [-0.05, 0) is 38.5 Å². The van der Waals surface area contributed by atoms with Gasteiger partial charge in [-0.15, -0.1) is 0 Å². The largest absolute Gasteiger partial charge is 0.370 e. The molecule has 1 aromatic carbocycles. The highest BCUT2D eigenvalue weighted by atomic mass is 19.1. The van der Waals surface area contributed by atoms with Gasteiger partial charge < -0.3 is 10.6 Å². The molecule has 0 atom stereocenters. The number of aryl methyl sites for hydroxylation is 1. The van der Waals surface area contributed by atoms with Crippen molar-refractivity contribution in [1.82, 2.24) is 9.97 Å². The smallest absolute Gasteiger partial charge is 0.139 e. The topological polar surface area (TPSA) is 49.8 Å². The van der Waals surface area contributed by atoms with E-state index in [1.54, 1.807) is 12.1 Å². The van der Waals surface area contributed by atoms with Crippen molar-refractivity contribution in [2.24, 2.45) is 0 Å². The number of halogens is 1. The third-order valence-electron chi connectivity index (χ3n) is 2.89. The molecule has 2 aromatic rings. The minimum Gasteiger partial charge on any atom is -0.370 e. The number of hydrogen-bond donors (Lipinski definition) is 2. The van der Waals surface area contributed by atoms with Crippen LogP contribution in [-0.4, -0.2) is 16.5 Å². The van der Waals surface area contributed by atoms with Crippen LogP contribution >= 0.6 is 0 Å². The summed E-state index contributed by atoms with van der Waals surface area (Å²) in [5.74, 6) is 1.91. The predicted molar refractivity (Wildman–Crippen MR) is 80.0 cm³/mol. The van der Waals surface area contributed by atoms with Gasteiger partial charge in [0.2, 0.25) is 0 Å². The van der Waals surface area contributed by atoms with Crippen molar-refractivity contribution in [2.45, 2.75) is 27.2 Å². The zero-order valence-electron chi connectivity index (χ0n) is 12.0. The molecule has 0 aliphatic heterocycles. The van der Waals surface area contributed by atoms with E-state index >= 15 is 0 Å². The number of benzene rings is 1. The van der Waals surface area contributed by atoms with E-state index in [0.717, 1.165) is 24.3 Å². The van der Waals surface area contributed by atoms with Crippen LogP contribution in [0.3, 0.4) is 0 Å². The van der Waals surface area contributed by atoms with Crippen LogP contribution in [0, 0.1) is 19.7 Å². The van der Waals surface area contributed by atoms with Crippen LogP contribution in [0.2, 0.25) is 0 Å². The third-order valence-corrected chi connectivity index (χ3v) is 2.89. The summed E-state index contributed by atoms with van der Waals surface area (Å²) in [7, 11) is 0. The fourth-order valence-corrected chi connectivity index (χ4v) is 1.87. The number of anilines is 3. The molecule has 0 saturated carbocycles. The average molecular weight is 274 g/mol. The summed E-state index contributed by atoms with van der Waals surface area (Å²) in [6, 6.07) is 6.32. The van der Waals surface area contributed by atoms with Crippen molar-refractivity contribution in [3.05, 3.63) is 41.5 Å². The summed E-state index contributed by atoms with van der Waals surface area (Å²) in [5, 5.41) is 6.42. The number of rotatable bonds is 5. The Bertz CT molecular complexity index is 598. The van der Waals surface area contributed by atoms with E-state index in [-0.39, 0.29) is 5.82 Å². The minimum absolute atomic E-state index is 0.275. The maximum Gasteiger partial charge on any atom is 0.139 e. The Morgan fingerprint density at radius 3 is 2.60 bits per heavy atom. The second kappa shape index (κ2) is 6.32. The quantitative estimate of drug-likeness (QED) is 0.870. The van der Waals surface area contributed by atoms with Crippen molar-refractivity contribution in [2.75, 3.05) is 17.2 Å². The number of hydrogen-bond acceptors (Lipinski definition) is 4. The molecule has 1 heterocycles. The average Bonchev–Trinajstić information content (AvgIpc) is 2.41. The van der Waals surface area contributed by atoms with Gasteiger partial charge >= 0.3 is 0 Å². The van der Waals surface area contributed by atoms with Gasteiger partial charge in [-0.3, -0.25) is 0 Å². The molecule has 0 saturated heterocycles. The summed E-state index contributed by atoms with van der Waals surface area (Å²) in [6.45, 7) is 6.74. The van der Waals surface area contributed by atoms with Crippen molar-refractivity contribution in [1.29, 1.82) is 0 Å². The first-order chi connectivity index (χ1) is 9.60. The molecule has 0 aliphatic carbocycles. The Balaban J connectivity index is 2.29. The van der Waals surface area contributed by atoms with E-state index in [2.05, 4.69) is 27.5 Å². The van der Waals surface area contributed by atoms with Crippen LogP contribution in [0.15, 0.2) is 24.3 Å². The monoisotopic (exact) mass is 274 g/mol. The summed E-state index contributed by atoms with van der Waals surface area (Å²) >= 11 is 0. The van der Waals surface area contributed by atoms with Gasteiger partial charge in [0, 0.05) is 17.8 Å². The molecule has 0 radical (unpaired) electrons. The van der Waals surface area contributed by atoms with Crippen molar-refractivity contribution < 1.29 is 4.39 Å². The van der Waals surface area contributed by atoms with E-state index < -0.39 is 0 Å². The molecule has 20 heavy (non-hydrogen) atoms. The highest BCUT2D eigenvalue weighted by Gasteiger charge is 2.09. The molecule has 2 rings (SSSR count). The minimum atomic E-state index is -0.275. The lowest BCUT2D eigenvalue weighted by molar-refractivity contribution is 0.628. The fourth-order valence-electron chi connectivity index (χ4n) is 1.87. The highest BCUT2D eigenvalue weighted by molar-refractivity contribution is 5.64. The van der Waals surface area contributed by atoms with Gasteiger partial charge in [-0.2, -0.15) is 0 Å². The van der Waals surface area contributed by atoms with Crippen molar-refractivity contribution in [3.63, 3.8) is 0 Å². The summed E-state index contributed by atoms with van der Waals surface area (Å²) < 4.78 is 13.2. The van der Waals surface area contributed by atoms with Crippen LogP contribution in [0.5, 0.6) is 0 Å². The van der Waals surface area contributed by atoms with E-state index in [9.17, 15) is 4.39 Å². The standard InChI is InChI=1S/C15H19FN4/c1-4-8-17-14-10(2)15(19-11(3)18-14)20-13-7-5-6-12(16)9-13/h5-7,9H,4,8H2,1-3H3,(H2,17,18,19,20). The van der Waals surface area contributed by atoms with Crippen LogP contribution in [-0.2, 0) is 0 Å². The molecule has 0 unspecified atom stereocenters. The molecule has 0 aliphatic rings. The Hall–Kier alpha value is -2.17. The number of nitrogens with zero attached hydrogens (tertiary/aromatic N) is 2. The van der Waals surface area contributed by atoms with Gasteiger partial charge in [0.15, 0.2) is 0 Å². The van der Waals surface area contributed by atoms with Gasteiger partial charge in [0.1, 0.15) is 23.3 Å². The Kier molecular flexibility index (Phi) is 4.50. The Morgan fingerprint density at radius 1 is 1.15 bits per heavy atom. The molecule has 0 fully saturated rings. The number of aromatic nitrogens is 2. The molecular weight excluding hydrogens is 255 g/mol. The Morgan fingerprint density at radius 2 is 1.90 bits per heavy atom. The van der Waals surface area contributed by atoms with Gasteiger partial charge in [0.25, 0.3) is 0 Å². The first kappa shape index (κ1) is 14.2. The number of nitrogens with one attached hydrogen (secondary N) is 2. The molecule has 4 nitrogen and oxygen atoms in total. The van der Waals surface area contributed by atoms with Crippen LogP contribution in [0.1, 0.15) is 24.7 Å². The van der Waals surface area contributed by atoms with Crippen molar-refractivity contribution >= 4 is 17.3 Å². The molecule has 0 spiro atoms. The SMILES string of the molecule is CCCNc1nc(C)nc(Nc2cccc(F)c2)c1C. The van der Waals surface area contributed by atoms with Crippen LogP contribution in [0.4, 0.5) is 21.7 Å². The summed E-state index contributed by atoms with van der Waals surface area (Å²) in [6.07, 6.45) is 1.02. The summed E-state index contributed by atoms with van der Waals surface area (Å²) in [4.78, 5) is 8.78. The predicted octanol–water partition coefficient (Wildman–Crippen LogP) is 3.80. The van der Waals surface area contributed by atoms with E-state index in [4.69, 9.17) is 0 Å². The van der Waals surface area contributed by atoms with Crippen LogP contribution < -0.4 is 10.6 Å². The third kappa shape index (κ3) is 3.44. The second-order valence-corrected chi connectivity index (χ2v) is 4.66. The zero-order valence-corrected chi connectivity index (χ0v) is 12.0. The molecule has 1 aromatic heterocycles. The Labute approximate surface area is 118 Å². The molecule has 2 N–H and O–H groups in total. The van der Waals surface area contributed by atoms with Gasteiger partial charge in [-0.25, -0.2) is 14.4 Å². The first-order valence-corrected chi connectivity index (χ1v) is 6.72. The highest BCUT2D eigenvalue weighted by Crippen LogP contribution is 2.23. The first-order valence-electron chi connectivity index (χ1n) is 6.72. The maximum absolute atomic E-state index is 13.2.